The Balaban J connectivity index is 1.78. The third kappa shape index (κ3) is 5.19. The number of hydrogen-bond donors (Lipinski definition) is 1. The van der Waals surface area contributed by atoms with Crippen LogP contribution in [0.4, 0.5) is 0 Å². The molecule has 2 rings (SSSR count). The van der Waals surface area contributed by atoms with Crippen molar-refractivity contribution >= 4 is 5.91 Å². The van der Waals surface area contributed by atoms with Gasteiger partial charge in [-0.3, -0.25) is 4.79 Å². The maximum absolute atomic E-state index is 12.0. The van der Waals surface area contributed by atoms with E-state index in [1.165, 1.54) is 5.56 Å². The standard InChI is InChI=1S/C19H23NO4/c1-14-4-7-16(8-5-14)24-11-10-20-19(21)12-15-6-9-17(22-2)13-18(15)23-3/h4-9,13H,10-12H2,1-3H3,(H,20,21). The fourth-order valence-corrected chi connectivity index (χ4v) is 2.23. The molecule has 0 fully saturated rings. The molecule has 0 bridgehead atoms. The van der Waals surface area contributed by atoms with Gasteiger partial charge in [0.15, 0.2) is 0 Å². The van der Waals surface area contributed by atoms with Crippen molar-refractivity contribution in [3.05, 3.63) is 53.6 Å². The minimum atomic E-state index is -0.0778. The van der Waals surface area contributed by atoms with Crippen LogP contribution in [0.15, 0.2) is 42.5 Å². The van der Waals surface area contributed by atoms with Crippen molar-refractivity contribution in [2.24, 2.45) is 0 Å². The topological polar surface area (TPSA) is 56.8 Å². The van der Waals surface area contributed by atoms with Crippen LogP contribution < -0.4 is 19.5 Å². The molecule has 0 heterocycles. The van der Waals surface area contributed by atoms with Gasteiger partial charge < -0.3 is 19.5 Å². The number of hydrogen-bond acceptors (Lipinski definition) is 4. The predicted molar refractivity (Wildman–Crippen MR) is 92.9 cm³/mol. The van der Waals surface area contributed by atoms with E-state index in [1.807, 2.05) is 43.3 Å². The van der Waals surface area contributed by atoms with Gasteiger partial charge in [0.05, 0.1) is 27.2 Å². The van der Waals surface area contributed by atoms with E-state index in [2.05, 4.69) is 5.32 Å². The zero-order chi connectivity index (χ0) is 17.4. The van der Waals surface area contributed by atoms with Crippen molar-refractivity contribution < 1.29 is 19.0 Å². The Kier molecular flexibility index (Phi) is 6.49. The van der Waals surface area contributed by atoms with E-state index in [-0.39, 0.29) is 12.3 Å². The van der Waals surface area contributed by atoms with Gasteiger partial charge in [0.2, 0.25) is 5.91 Å². The fraction of sp³-hybridized carbons (Fsp3) is 0.316. The summed E-state index contributed by atoms with van der Waals surface area (Å²) >= 11 is 0. The summed E-state index contributed by atoms with van der Waals surface area (Å²) in [6.07, 6.45) is 0.248. The highest BCUT2D eigenvalue weighted by Gasteiger charge is 2.09. The molecule has 0 aromatic heterocycles. The first-order valence-corrected chi connectivity index (χ1v) is 7.79. The summed E-state index contributed by atoms with van der Waals surface area (Å²) in [6, 6.07) is 13.2. The van der Waals surface area contributed by atoms with Crippen LogP contribution >= 0.6 is 0 Å². The Morgan fingerprint density at radius 2 is 1.71 bits per heavy atom. The molecular weight excluding hydrogens is 306 g/mol. The Bertz CT molecular complexity index is 668. The highest BCUT2D eigenvalue weighted by atomic mass is 16.5. The lowest BCUT2D eigenvalue weighted by Crippen LogP contribution is -2.29. The molecule has 0 atom stereocenters. The predicted octanol–water partition coefficient (Wildman–Crippen LogP) is 2.75. The molecule has 0 unspecified atom stereocenters. The maximum Gasteiger partial charge on any atom is 0.224 e. The van der Waals surface area contributed by atoms with E-state index < -0.39 is 0 Å². The van der Waals surface area contributed by atoms with Crippen LogP contribution in [0.1, 0.15) is 11.1 Å². The Morgan fingerprint density at radius 1 is 1.00 bits per heavy atom. The molecule has 0 aliphatic heterocycles. The molecule has 5 heteroatoms. The second kappa shape index (κ2) is 8.82. The van der Waals surface area contributed by atoms with Crippen LogP contribution in [0.25, 0.3) is 0 Å². The number of rotatable bonds is 8. The van der Waals surface area contributed by atoms with Gasteiger partial charge in [-0.15, -0.1) is 0 Å². The van der Waals surface area contributed by atoms with Gasteiger partial charge in [-0.25, -0.2) is 0 Å². The number of ether oxygens (including phenoxy) is 3. The van der Waals surface area contributed by atoms with Gasteiger partial charge in [0, 0.05) is 11.6 Å². The van der Waals surface area contributed by atoms with E-state index in [9.17, 15) is 4.79 Å². The van der Waals surface area contributed by atoms with Gasteiger partial charge >= 0.3 is 0 Å². The second-order valence-electron chi connectivity index (χ2n) is 5.37. The monoisotopic (exact) mass is 329 g/mol. The van der Waals surface area contributed by atoms with Crippen molar-refractivity contribution in [3.63, 3.8) is 0 Å². The third-order valence-electron chi connectivity index (χ3n) is 3.56. The molecule has 1 N–H and O–H groups in total. The van der Waals surface area contributed by atoms with Gasteiger partial charge in [-0.05, 0) is 25.1 Å². The number of benzene rings is 2. The van der Waals surface area contributed by atoms with E-state index in [1.54, 1.807) is 20.3 Å². The Morgan fingerprint density at radius 3 is 2.38 bits per heavy atom. The Labute approximate surface area is 142 Å². The highest BCUT2D eigenvalue weighted by Crippen LogP contribution is 2.24. The lowest BCUT2D eigenvalue weighted by molar-refractivity contribution is -0.120. The van der Waals surface area contributed by atoms with Crippen LogP contribution in [0.2, 0.25) is 0 Å². The molecule has 24 heavy (non-hydrogen) atoms. The van der Waals surface area contributed by atoms with Crippen LogP contribution in [0.5, 0.6) is 17.2 Å². The molecule has 5 nitrogen and oxygen atoms in total. The molecule has 128 valence electrons. The summed E-state index contributed by atoms with van der Waals surface area (Å²) < 4.78 is 16.0. The van der Waals surface area contributed by atoms with Crippen molar-refractivity contribution in [1.29, 1.82) is 0 Å². The summed E-state index contributed by atoms with van der Waals surface area (Å²) in [5.74, 6) is 2.06. The van der Waals surface area contributed by atoms with E-state index >= 15 is 0 Å². The van der Waals surface area contributed by atoms with Crippen LogP contribution in [-0.4, -0.2) is 33.3 Å². The molecular formula is C19H23NO4. The quantitative estimate of drug-likeness (QED) is 0.757. The minimum absolute atomic E-state index is 0.0778. The zero-order valence-corrected chi connectivity index (χ0v) is 14.3. The lowest BCUT2D eigenvalue weighted by atomic mass is 10.1. The molecule has 2 aromatic carbocycles. The van der Waals surface area contributed by atoms with Gasteiger partial charge in [-0.2, -0.15) is 0 Å². The zero-order valence-electron chi connectivity index (χ0n) is 14.3. The minimum Gasteiger partial charge on any atom is -0.497 e. The number of nitrogens with one attached hydrogen (secondary N) is 1. The molecule has 1 amide bonds. The molecule has 0 aliphatic rings. The van der Waals surface area contributed by atoms with Gasteiger partial charge in [-0.1, -0.05) is 23.8 Å². The molecule has 0 aliphatic carbocycles. The van der Waals surface area contributed by atoms with Crippen molar-refractivity contribution in [2.75, 3.05) is 27.4 Å². The Hall–Kier alpha value is -2.69. The first-order valence-electron chi connectivity index (χ1n) is 7.79. The molecule has 2 aromatic rings. The first kappa shape index (κ1) is 17.7. The van der Waals surface area contributed by atoms with Gasteiger partial charge in [0.1, 0.15) is 23.9 Å². The second-order valence-corrected chi connectivity index (χ2v) is 5.37. The average molecular weight is 329 g/mol. The molecule has 0 saturated carbocycles. The molecule has 0 saturated heterocycles. The molecule has 0 radical (unpaired) electrons. The summed E-state index contributed by atoms with van der Waals surface area (Å²) in [6.45, 7) is 2.90. The SMILES string of the molecule is COc1ccc(CC(=O)NCCOc2ccc(C)cc2)c(OC)c1. The maximum atomic E-state index is 12.0. The van der Waals surface area contributed by atoms with E-state index in [4.69, 9.17) is 14.2 Å². The molecule has 0 spiro atoms. The summed E-state index contributed by atoms with van der Waals surface area (Å²) in [5, 5.41) is 2.84. The number of amides is 1. The van der Waals surface area contributed by atoms with Gasteiger partial charge in [0.25, 0.3) is 0 Å². The number of methoxy groups -OCH3 is 2. The first-order chi connectivity index (χ1) is 11.6. The normalized spacial score (nSPS) is 10.1. The van der Waals surface area contributed by atoms with E-state index in [0.717, 1.165) is 11.3 Å². The van der Waals surface area contributed by atoms with Crippen LogP contribution in [-0.2, 0) is 11.2 Å². The number of carbonyl (C=O) groups excluding carboxylic acids is 1. The van der Waals surface area contributed by atoms with Crippen LogP contribution in [0.3, 0.4) is 0 Å². The summed E-state index contributed by atoms with van der Waals surface area (Å²) in [5.41, 5.74) is 2.00. The fourth-order valence-electron chi connectivity index (χ4n) is 2.23. The van der Waals surface area contributed by atoms with Crippen molar-refractivity contribution in [3.8, 4) is 17.2 Å². The largest absolute Gasteiger partial charge is 0.497 e. The summed E-state index contributed by atoms with van der Waals surface area (Å²) in [7, 11) is 3.17. The van der Waals surface area contributed by atoms with Crippen LogP contribution in [0, 0.1) is 6.92 Å². The average Bonchev–Trinajstić information content (AvgIpc) is 2.60. The lowest BCUT2D eigenvalue weighted by Gasteiger charge is -2.11. The van der Waals surface area contributed by atoms with Crippen molar-refractivity contribution in [1.82, 2.24) is 5.32 Å². The number of aryl methyl sites for hydroxylation is 1. The smallest absolute Gasteiger partial charge is 0.224 e. The third-order valence-corrected chi connectivity index (χ3v) is 3.56. The number of carbonyl (C=O) groups is 1. The highest BCUT2D eigenvalue weighted by molar-refractivity contribution is 5.79. The summed E-state index contributed by atoms with van der Waals surface area (Å²) in [4.78, 5) is 12.0. The van der Waals surface area contributed by atoms with E-state index in [0.29, 0.717) is 24.7 Å². The van der Waals surface area contributed by atoms with Crippen molar-refractivity contribution in [2.45, 2.75) is 13.3 Å².